The molecule has 1 aromatic rings. The van der Waals surface area contributed by atoms with E-state index in [4.69, 9.17) is 14.2 Å². The monoisotopic (exact) mass is 432 g/mol. The highest BCUT2D eigenvalue weighted by Gasteiger charge is 2.79. The maximum atomic E-state index is 11.8. The van der Waals surface area contributed by atoms with Crippen molar-refractivity contribution in [3.63, 3.8) is 0 Å². The summed E-state index contributed by atoms with van der Waals surface area (Å²) in [6, 6.07) is 10.0. The Morgan fingerprint density at radius 2 is 1.81 bits per heavy atom. The van der Waals surface area contributed by atoms with Gasteiger partial charge in [-0.3, -0.25) is 0 Å². The van der Waals surface area contributed by atoms with Crippen molar-refractivity contribution >= 4 is 0 Å². The number of hydrogen-bond donors (Lipinski definition) is 1. The number of aliphatic hydroxyl groups is 1. The number of epoxide rings is 1. The summed E-state index contributed by atoms with van der Waals surface area (Å²) >= 11 is 0. The summed E-state index contributed by atoms with van der Waals surface area (Å²) in [4.78, 5) is 0. The van der Waals surface area contributed by atoms with E-state index < -0.39 is 11.4 Å². The van der Waals surface area contributed by atoms with Gasteiger partial charge in [0.2, 0.25) is 0 Å². The molecule has 0 unspecified atom stereocenters. The largest absolute Gasteiger partial charge is 0.377 e. The number of rotatable bonds is 0. The van der Waals surface area contributed by atoms with Gasteiger partial charge < -0.3 is 19.3 Å². The third kappa shape index (κ3) is 2.38. The number of hydrogen-bond acceptors (Lipinski definition) is 4. The first kappa shape index (κ1) is 19.8. The smallest absolute Gasteiger partial charge is 0.171 e. The molecule has 4 heteroatoms. The second-order valence-electron chi connectivity index (χ2n) is 11.3. The lowest BCUT2D eigenvalue weighted by atomic mass is 9.53. The van der Waals surface area contributed by atoms with E-state index in [0.717, 1.165) is 56.9 Å². The predicted octanol–water partition coefficient (Wildman–Crippen LogP) is 4.36. The van der Waals surface area contributed by atoms with Gasteiger partial charge in [0.05, 0.1) is 13.2 Å². The molecule has 2 heterocycles. The minimum atomic E-state index is -0.936. The first-order valence-electron chi connectivity index (χ1n) is 12.4. The van der Waals surface area contributed by atoms with Crippen molar-refractivity contribution in [1.82, 2.24) is 0 Å². The van der Waals surface area contributed by atoms with E-state index in [1.165, 1.54) is 5.57 Å². The highest BCUT2D eigenvalue weighted by molar-refractivity contribution is 5.45. The molecule has 6 atom stereocenters. The highest BCUT2D eigenvalue weighted by atomic mass is 16.7. The van der Waals surface area contributed by atoms with Crippen molar-refractivity contribution < 1.29 is 19.3 Å². The molecule has 5 fully saturated rings. The quantitative estimate of drug-likeness (QED) is 0.376. The Kier molecular flexibility index (Phi) is 3.88. The Labute approximate surface area is 190 Å². The molecule has 2 saturated heterocycles. The molecule has 1 spiro atoms. The van der Waals surface area contributed by atoms with Crippen LogP contribution < -0.4 is 0 Å². The summed E-state index contributed by atoms with van der Waals surface area (Å²) in [7, 11) is 0. The zero-order chi connectivity index (χ0) is 21.7. The van der Waals surface area contributed by atoms with Crippen LogP contribution in [0, 0.1) is 29.1 Å². The molecule has 4 aliphatic carbocycles. The van der Waals surface area contributed by atoms with Crippen LogP contribution in [0.1, 0.15) is 63.9 Å². The van der Waals surface area contributed by atoms with E-state index in [9.17, 15) is 5.11 Å². The van der Waals surface area contributed by atoms with E-state index in [1.807, 2.05) is 30.3 Å². The summed E-state index contributed by atoms with van der Waals surface area (Å²) in [5.74, 6) is 7.15. The molecule has 0 bridgehead atoms. The van der Waals surface area contributed by atoms with E-state index in [0.29, 0.717) is 25.0 Å². The van der Waals surface area contributed by atoms with Gasteiger partial charge in [-0.25, -0.2) is 0 Å². The van der Waals surface area contributed by atoms with Gasteiger partial charge in [-0.15, -0.1) is 0 Å². The van der Waals surface area contributed by atoms with Crippen molar-refractivity contribution in [2.24, 2.45) is 17.3 Å². The van der Waals surface area contributed by atoms with Gasteiger partial charge in [-0.05, 0) is 68.1 Å². The fraction of sp³-hybridized carbons (Fsp3) is 0.643. The minimum absolute atomic E-state index is 0.0896. The lowest BCUT2D eigenvalue weighted by Crippen LogP contribution is -2.53. The van der Waals surface area contributed by atoms with Gasteiger partial charge in [-0.2, -0.15) is 0 Å². The molecule has 0 amide bonds. The molecule has 0 aromatic heterocycles. The van der Waals surface area contributed by atoms with Crippen molar-refractivity contribution in [2.75, 3.05) is 13.2 Å². The van der Waals surface area contributed by atoms with Crippen LogP contribution in [0.5, 0.6) is 0 Å². The molecule has 6 aliphatic rings. The van der Waals surface area contributed by atoms with Gasteiger partial charge in [0.25, 0.3) is 0 Å². The summed E-state index contributed by atoms with van der Waals surface area (Å²) in [6.07, 6.45) is 10.1. The molecule has 168 valence electrons. The minimum Gasteiger partial charge on any atom is -0.377 e. The van der Waals surface area contributed by atoms with Gasteiger partial charge in [0.15, 0.2) is 5.79 Å². The summed E-state index contributed by atoms with van der Waals surface area (Å²) in [6.45, 7) is 3.69. The standard InChI is InChI=1S/C28H32O4/c1-24-11-9-23-21(22(24)10-13-25(24,29)12-7-20-5-3-2-4-6-20)8-14-26-19-27(30-17-18-31-27)15-16-28(23,26)32-26/h2-6,9,21-22,29H,8,10-11,13-19H2,1H3/t21-,22-,24-,25-,26+,28+/m0/s1. The number of fused-ring (bicyclic) bond motifs is 3. The number of allylic oxidation sites excluding steroid dienone is 1. The van der Waals surface area contributed by atoms with Crippen LogP contribution in [-0.2, 0) is 14.2 Å². The van der Waals surface area contributed by atoms with Crippen LogP contribution in [0.25, 0.3) is 0 Å². The van der Waals surface area contributed by atoms with Crippen LogP contribution in [-0.4, -0.2) is 40.9 Å². The first-order valence-corrected chi connectivity index (χ1v) is 12.4. The average Bonchev–Trinajstić information content (AvgIpc) is 3.15. The second-order valence-corrected chi connectivity index (χ2v) is 11.3. The van der Waals surface area contributed by atoms with E-state index in [2.05, 4.69) is 24.8 Å². The van der Waals surface area contributed by atoms with E-state index in [-0.39, 0.29) is 16.6 Å². The molecule has 7 rings (SSSR count). The Balaban J connectivity index is 1.20. The second kappa shape index (κ2) is 6.27. The lowest BCUT2D eigenvalue weighted by molar-refractivity contribution is -0.185. The SMILES string of the molecule is C[C@]12CC=C3[C@@H](CC[C@@]45CC6(CC[C@@]34O5)OCCO6)[C@@H]1CC[C@@]2(O)C#Cc1ccccc1. The Morgan fingerprint density at radius 1 is 1.00 bits per heavy atom. The van der Waals surface area contributed by atoms with Crippen molar-refractivity contribution in [3.8, 4) is 11.8 Å². The predicted molar refractivity (Wildman–Crippen MR) is 120 cm³/mol. The maximum absolute atomic E-state index is 11.8. The normalized spacial score (nSPS) is 47.4. The zero-order valence-corrected chi connectivity index (χ0v) is 18.9. The van der Waals surface area contributed by atoms with Crippen molar-refractivity contribution in [1.29, 1.82) is 0 Å². The zero-order valence-electron chi connectivity index (χ0n) is 18.9. The first-order chi connectivity index (χ1) is 15.4. The fourth-order valence-electron chi connectivity index (χ4n) is 8.25. The molecule has 2 aliphatic heterocycles. The van der Waals surface area contributed by atoms with Crippen LogP contribution in [0.2, 0.25) is 0 Å². The van der Waals surface area contributed by atoms with Gasteiger partial charge in [-0.1, -0.05) is 43.0 Å². The summed E-state index contributed by atoms with van der Waals surface area (Å²) in [5, 5.41) is 11.8. The van der Waals surface area contributed by atoms with Crippen LogP contribution in [0.4, 0.5) is 0 Å². The fourth-order valence-corrected chi connectivity index (χ4v) is 8.25. The molecule has 32 heavy (non-hydrogen) atoms. The molecule has 1 N–H and O–H groups in total. The maximum Gasteiger partial charge on any atom is 0.171 e. The van der Waals surface area contributed by atoms with E-state index >= 15 is 0 Å². The molecular weight excluding hydrogens is 400 g/mol. The lowest BCUT2D eigenvalue weighted by Gasteiger charge is -2.51. The Hall–Kier alpha value is -1.64. The van der Waals surface area contributed by atoms with Crippen molar-refractivity contribution in [3.05, 3.63) is 47.5 Å². The van der Waals surface area contributed by atoms with Crippen LogP contribution >= 0.6 is 0 Å². The average molecular weight is 433 g/mol. The van der Waals surface area contributed by atoms with Gasteiger partial charge in [0.1, 0.15) is 16.8 Å². The van der Waals surface area contributed by atoms with E-state index in [1.54, 1.807) is 0 Å². The molecule has 3 saturated carbocycles. The molecule has 0 radical (unpaired) electrons. The third-order valence-corrected chi connectivity index (χ3v) is 10.0. The third-order valence-electron chi connectivity index (χ3n) is 10.0. The van der Waals surface area contributed by atoms with Gasteiger partial charge >= 0.3 is 0 Å². The Bertz CT molecular complexity index is 1050. The van der Waals surface area contributed by atoms with Crippen LogP contribution in [0.3, 0.4) is 0 Å². The number of benzene rings is 1. The Morgan fingerprint density at radius 3 is 2.62 bits per heavy atom. The molecular formula is C28H32O4. The summed E-state index contributed by atoms with van der Waals surface area (Å²) in [5.41, 5.74) is 1.16. The molecule has 4 nitrogen and oxygen atoms in total. The van der Waals surface area contributed by atoms with Crippen LogP contribution in [0.15, 0.2) is 42.0 Å². The van der Waals surface area contributed by atoms with Crippen molar-refractivity contribution in [2.45, 2.75) is 80.9 Å². The molecule has 1 aromatic carbocycles. The summed E-state index contributed by atoms with van der Waals surface area (Å²) < 4.78 is 18.8. The van der Waals surface area contributed by atoms with Gasteiger partial charge in [0, 0.05) is 23.8 Å². The number of ether oxygens (including phenoxy) is 3. The highest BCUT2D eigenvalue weighted by Crippen LogP contribution is 2.74. The topological polar surface area (TPSA) is 51.2 Å².